The second-order valence-corrected chi connectivity index (χ2v) is 7.54. The minimum Gasteiger partial charge on any atom is -0.387 e. The molecule has 2 heteroatoms. The summed E-state index contributed by atoms with van der Waals surface area (Å²) >= 11 is 1.81. The number of aliphatic hydroxyl groups excluding tert-OH is 1. The molecule has 0 aliphatic carbocycles. The predicted molar refractivity (Wildman–Crippen MR) is 89.7 cm³/mol. The zero-order valence-corrected chi connectivity index (χ0v) is 13.4. The van der Waals surface area contributed by atoms with E-state index in [4.69, 9.17) is 0 Å². The maximum Gasteiger partial charge on any atom is 0.0915 e. The van der Waals surface area contributed by atoms with Crippen molar-refractivity contribution in [1.82, 2.24) is 0 Å². The summed E-state index contributed by atoms with van der Waals surface area (Å²) in [4.78, 5) is 1.32. The highest BCUT2D eigenvalue weighted by molar-refractivity contribution is 8.00. The largest absolute Gasteiger partial charge is 0.387 e. The van der Waals surface area contributed by atoms with E-state index in [-0.39, 0.29) is 5.25 Å². The molecule has 2 aromatic rings. The van der Waals surface area contributed by atoms with E-state index in [1.807, 2.05) is 11.8 Å². The molecule has 1 aliphatic rings. The monoisotopic (exact) mass is 298 g/mol. The topological polar surface area (TPSA) is 20.2 Å². The molecule has 0 radical (unpaired) electrons. The van der Waals surface area contributed by atoms with Crippen molar-refractivity contribution in [3.63, 3.8) is 0 Å². The second-order valence-electron chi connectivity index (χ2n) is 6.26. The van der Waals surface area contributed by atoms with Gasteiger partial charge in [0.2, 0.25) is 0 Å². The van der Waals surface area contributed by atoms with Crippen LogP contribution in [0.5, 0.6) is 0 Å². The highest BCUT2D eigenvalue weighted by Crippen LogP contribution is 2.42. The van der Waals surface area contributed by atoms with Crippen molar-refractivity contribution in [3.05, 3.63) is 65.2 Å². The Morgan fingerprint density at radius 1 is 1.14 bits per heavy atom. The van der Waals surface area contributed by atoms with E-state index in [9.17, 15) is 5.11 Å². The minimum atomic E-state index is -0.394. The predicted octanol–water partition coefficient (Wildman–Crippen LogP) is 4.64. The number of hydrogen-bond donors (Lipinski definition) is 1. The lowest BCUT2D eigenvalue weighted by Gasteiger charge is -2.18. The zero-order chi connectivity index (χ0) is 14.8. The van der Waals surface area contributed by atoms with Crippen molar-refractivity contribution in [2.24, 2.45) is 5.92 Å². The van der Waals surface area contributed by atoms with Gasteiger partial charge in [-0.25, -0.2) is 0 Å². The number of benzene rings is 2. The molecule has 1 aliphatic heterocycles. The summed E-state index contributed by atoms with van der Waals surface area (Å²) in [5.41, 5.74) is 3.74. The minimum absolute atomic E-state index is 0.233. The third kappa shape index (κ3) is 3.33. The van der Waals surface area contributed by atoms with Crippen LogP contribution in [0.25, 0.3) is 0 Å². The first-order valence-electron chi connectivity index (χ1n) is 7.65. The molecule has 0 amide bonds. The Morgan fingerprint density at radius 3 is 2.71 bits per heavy atom. The summed E-state index contributed by atoms with van der Waals surface area (Å²) in [7, 11) is 0. The van der Waals surface area contributed by atoms with Crippen LogP contribution in [0.2, 0.25) is 0 Å². The fourth-order valence-electron chi connectivity index (χ4n) is 2.98. The maximum atomic E-state index is 10.7. The van der Waals surface area contributed by atoms with E-state index in [1.165, 1.54) is 16.0 Å². The fourth-order valence-corrected chi connectivity index (χ4v) is 4.31. The van der Waals surface area contributed by atoms with Gasteiger partial charge in [0.05, 0.1) is 6.10 Å². The van der Waals surface area contributed by atoms with Gasteiger partial charge >= 0.3 is 0 Å². The van der Waals surface area contributed by atoms with Crippen LogP contribution in [0.1, 0.15) is 36.6 Å². The van der Waals surface area contributed by atoms with E-state index in [0.717, 1.165) is 18.4 Å². The average molecular weight is 298 g/mol. The molecule has 1 N–H and O–H groups in total. The Morgan fingerprint density at radius 2 is 1.95 bits per heavy atom. The van der Waals surface area contributed by atoms with E-state index < -0.39 is 6.10 Å². The van der Waals surface area contributed by atoms with Gasteiger partial charge in [0.25, 0.3) is 0 Å². The molecule has 0 spiro atoms. The lowest BCUT2D eigenvalue weighted by molar-refractivity contribution is 0.175. The van der Waals surface area contributed by atoms with Crippen LogP contribution in [0, 0.1) is 5.92 Å². The highest BCUT2D eigenvalue weighted by atomic mass is 32.2. The first kappa shape index (κ1) is 14.7. The molecule has 21 heavy (non-hydrogen) atoms. The third-order valence-corrected chi connectivity index (χ3v) is 5.34. The summed E-state index contributed by atoms with van der Waals surface area (Å²) in [6.45, 7) is 4.46. The van der Waals surface area contributed by atoms with Crippen molar-refractivity contribution in [1.29, 1.82) is 0 Å². The molecule has 110 valence electrons. The van der Waals surface area contributed by atoms with Crippen LogP contribution in [-0.4, -0.2) is 10.4 Å². The van der Waals surface area contributed by atoms with Gasteiger partial charge in [-0.05, 0) is 41.5 Å². The number of aliphatic hydroxyl groups is 1. The molecule has 0 fully saturated rings. The first-order valence-corrected chi connectivity index (χ1v) is 8.53. The van der Waals surface area contributed by atoms with Crippen LogP contribution >= 0.6 is 11.8 Å². The molecule has 0 saturated heterocycles. The lowest BCUT2D eigenvalue weighted by atomic mass is 9.96. The normalized spacial score (nSPS) is 18.8. The number of fused-ring (bicyclic) bond motifs is 1. The van der Waals surface area contributed by atoms with E-state index >= 15 is 0 Å². The van der Waals surface area contributed by atoms with Gasteiger partial charge in [0, 0.05) is 10.1 Å². The average Bonchev–Trinajstić information content (AvgIpc) is 2.90. The summed E-state index contributed by atoms with van der Waals surface area (Å²) < 4.78 is 0. The van der Waals surface area contributed by atoms with Gasteiger partial charge in [0.15, 0.2) is 0 Å². The summed E-state index contributed by atoms with van der Waals surface area (Å²) in [5.74, 6) is 0.641. The Labute approximate surface area is 131 Å². The van der Waals surface area contributed by atoms with Crippen molar-refractivity contribution in [2.75, 3.05) is 0 Å². The smallest absolute Gasteiger partial charge is 0.0915 e. The Hall–Kier alpha value is -1.25. The number of thioether (sulfide) groups is 1. The fraction of sp³-hybridized carbons (Fsp3) is 0.368. The van der Waals surface area contributed by atoms with E-state index in [2.05, 4.69) is 62.4 Å². The molecule has 2 atom stereocenters. The standard InChI is InChI=1S/C19H22OS/c1-13(2)10-14-6-5-8-16(11-14)19(20)18-12-15-7-3-4-9-17(15)21-18/h3-9,11,13,18-20H,10,12H2,1-2H3. The van der Waals surface area contributed by atoms with Crippen LogP contribution < -0.4 is 0 Å². The van der Waals surface area contributed by atoms with E-state index in [0.29, 0.717) is 5.92 Å². The van der Waals surface area contributed by atoms with Crippen LogP contribution in [0.4, 0.5) is 0 Å². The summed E-state index contributed by atoms with van der Waals surface area (Å²) in [5, 5.41) is 11.0. The van der Waals surface area contributed by atoms with Crippen molar-refractivity contribution < 1.29 is 5.11 Å². The van der Waals surface area contributed by atoms with Crippen molar-refractivity contribution in [3.8, 4) is 0 Å². The molecule has 0 aromatic heterocycles. The maximum absolute atomic E-state index is 10.7. The molecule has 2 aromatic carbocycles. The zero-order valence-electron chi connectivity index (χ0n) is 12.6. The summed E-state index contributed by atoms with van der Waals surface area (Å²) in [6.07, 6.45) is 1.63. The van der Waals surface area contributed by atoms with Gasteiger partial charge in [-0.2, -0.15) is 0 Å². The lowest BCUT2D eigenvalue weighted by Crippen LogP contribution is -2.14. The number of rotatable bonds is 4. The molecular formula is C19H22OS. The van der Waals surface area contributed by atoms with E-state index in [1.54, 1.807) is 0 Å². The van der Waals surface area contributed by atoms with Crippen LogP contribution in [0.15, 0.2) is 53.4 Å². The van der Waals surface area contributed by atoms with Crippen LogP contribution in [0.3, 0.4) is 0 Å². The Balaban J connectivity index is 1.76. The SMILES string of the molecule is CC(C)Cc1cccc(C(O)C2Cc3ccccc3S2)c1. The van der Waals surface area contributed by atoms with Gasteiger partial charge in [-0.15, -0.1) is 11.8 Å². The quantitative estimate of drug-likeness (QED) is 0.887. The number of hydrogen-bond acceptors (Lipinski definition) is 2. The molecule has 2 unspecified atom stereocenters. The molecule has 0 saturated carbocycles. The summed E-state index contributed by atoms with van der Waals surface area (Å²) in [6, 6.07) is 16.9. The van der Waals surface area contributed by atoms with Gasteiger partial charge in [-0.1, -0.05) is 56.3 Å². The first-order chi connectivity index (χ1) is 10.1. The Kier molecular flexibility index (Phi) is 4.37. The third-order valence-electron chi connectivity index (χ3n) is 3.96. The van der Waals surface area contributed by atoms with Gasteiger partial charge in [-0.3, -0.25) is 0 Å². The van der Waals surface area contributed by atoms with Gasteiger partial charge in [0.1, 0.15) is 0 Å². The van der Waals surface area contributed by atoms with Crippen LogP contribution in [-0.2, 0) is 12.8 Å². The molecular weight excluding hydrogens is 276 g/mol. The highest BCUT2D eigenvalue weighted by Gasteiger charge is 2.29. The molecule has 0 bridgehead atoms. The van der Waals surface area contributed by atoms with Crippen molar-refractivity contribution in [2.45, 2.75) is 42.9 Å². The molecule has 3 rings (SSSR count). The second kappa shape index (κ2) is 6.25. The van der Waals surface area contributed by atoms with Gasteiger partial charge < -0.3 is 5.11 Å². The molecule has 1 heterocycles. The van der Waals surface area contributed by atoms with Crippen molar-refractivity contribution >= 4 is 11.8 Å². The Bertz CT molecular complexity index is 595. The molecule has 1 nitrogen and oxygen atoms in total.